The molecule has 0 aliphatic rings. The van der Waals surface area contributed by atoms with Crippen molar-refractivity contribution in [2.75, 3.05) is 12.3 Å². The van der Waals surface area contributed by atoms with Gasteiger partial charge in [-0.3, -0.25) is 0 Å². The zero-order valence-electron chi connectivity index (χ0n) is 8.65. The van der Waals surface area contributed by atoms with Crippen molar-refractivity contribution in [3.63, 3.8) is 0 Å². The lowest BCUT2D eigenvalue weighted by Gasteiger charge is -2.08. The second-order valence-electron chi connectivity index (χ2n) is 3.41. The second kappa shape index (κ2) is 5.23. The molecular formula is C12H12ClNOS. The van der Waals surface area contributed by atoms with Crippen LogP contribution in [-0.2, 0) is 6.42 Å². The Bertz CT molecular complexity index is 456. The normalized spacial score (nSPS) is 10.3. The first-order valence-electron chi connectivity index (χ1n) is 4.94. The Morgan fingerprint density at radius 2 is 2.19 bits per heavy atom. The minimum atomic E-state index is 0.581. The highest BCUT2D eigenvalue weighted by atomic mass is 35.5. The summed E-state index contributed by atoms with van der Waals surface area (Å²) in [6, 6.07) is 7.36. The largest absolute Gasteiger partial charge is 0.491 e. The Morgan fingerprint density at radius 3 is 2.88 bits per heavy atom. The quantitative estimate of drug-likeness (QED) is 0.845. The molecule has 2 N–H and O–H groups in total. The average Bonchev–Trinajstić information content (AvgIpc) is 2.74. The van der Waals surface area contributed by atoms with Crippen molar-refractivity contribution in [3.8, 4) is 5.75 Å². The summed E-state index contributed by atoms with van der Waals surface area (Å²) in [6.45, 7) is 0.628. The van der Waals surface area contributed by atoms with Crippen LogP contribution in [0.1, 0.15) is 5.56 Å². The maximum atomic E-state index is 5.80. The van der Waals surface area contributed by atoms with Gasteiger partial charge in [0.2, 0.25) is 0 Å². The molecule has 0 aliphatic carbocycles. The van der Waals surface area contributed by atoms with Gasteiger partial charge in [0.1, 0.15) is 5.75 Å². The van der Waals surface area contributed by atoms with Gasteiger partial charge in [-0.1, -0.05) is 11.6 Å². The molecule has 1 aromatic heterocycles. The van der Waals surface area contributed by atoms with Crippen LogP contribution in [0.2, 0.25) is 5.02 Å². The van der Waals surface area contributed by atoms with Crippen LogP contribution < -0.4 is 10.5 Å². The summed E-state index contributed by atoms with van der Waals surface area (Å²) in [4.78, 5) is 0. The Balaban J connectivity index is 1.90. The van der Waals surface area contributed by atoms with E-state index in [9.17, 15) is 0 Å². The molecule has 1 heterocycles. The molecule has 0 fully saturated rings. The SMILES string of the molecule is Nc1cc(Cl)ccc1OCCc1ccsc1. The van der Waals surface area contributed by atoms with Crippen molar-refractivity contribution in [2.45, 2.75) is 6.42 Å². The Kier molecular flexibility index (Phi) is 3.70. The topological polar surface area (TPSA) is 35.2 Å². The summed E-state index contributed by atoms with van der Waals surface area (Å²) in [5.74, 6) is 0.694. The number of rotatable bonds is 4. The average molecular weight is 254 g/mol. The molecule has 0 saturated carbocycles. The second-order valence-corrected chi connectivity index (χ2v) is 4.63. The number of anilines is 1. The molecule has 1 aromatic carbocycles. The molecule has 0 bridgehead atoms. The molecule has 2 rings (SSSR count). The van der Waals surface area contributed by atoms with E-state index in [0.717, 1.165) is 6.42 Å². The summed E-state index contributed by atoms with van der Waals surface area (Å²) in [7, 11) is 0. The number of ether oxygens (including phenoxy) is 1. The minimum Gasteiger partial charge on any atom is -0.491 e. The van der Waals surface area contributed by atoms with Gasteiger partial charge < -0.3 is 10.5 Å². The zero-order chi connectivity index (χ0) is 11.4. The first kappa shape index (κ1) is 11.3. The highest BCUT2D eigenvalue weighted by molar-refractivity contribution is 7.07. The van der Waals surface area contributed by atoms with Crippen molar-refractivity contribution in [1.82, 2.24) is 0 Å². The van der Waals surface area contributed by atoms with E-state index in [4.69, 9.17) is 22.1 Å². The lowest BCUT2D eigenvalue weighted by molar-refractivity contribution is 0.324. The minimum absolute atomic E-state index is 0.581. The van der Waals surface area contributed by atoms with E-state index in [1.54, 1.807) is 29.5 Å². The van der Waals surface area contributed by atoms with Crippen molar-refractivity contribution in [2.24, 2.45) is 0 Å². The van der Waals surface area contributed by atoms with E-state index in [-0.39, 0.29) is 0 Å². The Hall–Kier alpha value is -1.19. The highest BCUT2D eigenvalue weighted by Gasteiger charge is 2.01. The molecule has 84 valence electrons. The molecule has 16 heavy (non-hydrogen) atoms. The van der Waals surface area contributed by atoms with Gasteiger partial charge in [-0.05, 0) is 40.6 Å². The number of nitrogens with two attached hydrogens (primary N) is 1. The van der Waals surface area contributed by atoms with Gasteiger partial charge in [-0.15, -0.1) is 0 Å². The van der Waals surface area contributed by atoms with E-state index in [1.165, 1.54) is 5.56 Å². The number of benzene rings is 1. The molecule has 0 unspecified atom stereocenters. The van der Waals surface area contributed by atoms with Gasteiger partial charge in [0.05, 0.1) is 12.3 Å². The smallest absolute Gasteiger partial charge is 0.142 e. The van der Waals surface area contributed by atoms with E-state index >= 15 is 0 Å². The van der Waals surface area contributed by atoms with Crippen LogP contribution >= 0.6 is 22.9 Å². The fraction of sp³-hybridized carbons (Fsp3) is 0.167. The standard InChI is InChI=1S/C12H12ClNOS/c13-10-1-2-12(11(14)7-10)15-5-3-9-4-6-16-8-9/h1-2,4,6-8H,3,5,14H2. The van der Waals surface area contributed by atoms with E-state index in [1.807, 2.05) is 0 Å². The van der Waals surface area contributed by atoms with E-state index in [0.29, 0.717) is 23.1 Å². The van der Waals surface area contributed by atoms with Gasteiger partial charge in [0, 0.05) is 11.4 Å². The first-order chi connectivity index (χ1) is 7.75. The van der Waals surface area contributed by atoms with Gasteiger partial charge >= 0.3 is 0 Å². The maximum absolute atomic E-state index is 5.80. The molecular weight excluding hydrogens is 242 g/mol. The third-order valence-electron chi connectivity index (χ3n) is 2.20. The van der Waals surface area contributed by atoms with Crippen LogP contribution in [0.4, 0.5) is 5.69 Å². The molecule has 2 aromatic rings. The Labute approximate surface area is 104 Å². The van der Waals surface area contributed by atoms with Gasteiger partial charge in [0.25, 0.3) is 0 Å². The van der Waals surface area contributed by atoms with E-state index < -0.39 is 0 Å². The summed E-state index contributed by atoms with van der Waals surface area (Å²) in [5.41, 5.74) is 7.64. The lowest BCUT2D eigenvalue weighted by Crippen LogP contribution is -2.02. The predicted octanol–water partition coefficient (Wildman–Crippen LogP) is 3.61. The first-order valence-corrected chi connectivity index (χ1v) is 6.26. The molecule has 0 spiro atoms. The summed E-state index contributed by atoms with van der Waals surface area (Å²) < 4.78 is 5.59. The summed E-state index contributed by atoms with van der Waals surface area (Å²) in [6.07, 6.45) is 0.894. The third-order valence-corrected chi connectivity index (χ3v) is 3.17. The van der Waals surface area contributed by atoms with Crippen molar-refractivity contribution in [3.05, 3.63) is 45.6 Å². The molecule has 2 nitrogen and oxygen atoms in total. The summed E-state index contributed by atoms with van der Waals surface area (Å²) >= 11 is 7.49. The number of hydrogen-bond acceptors (Lipinski definition) is 3. The number of halogens is 1. The number of thiophene rings is 1. The molecule has 0 aliphatic heterocycles. The van der Waals surface area contributed by atoms with Gasteiger partial charge in [-0.25, -0.2) is 0 Å². The van der Waals surface area contributed by atoms with Crippen molar-refractivity contribution < 1.29 is 4.74 Å². The highest BCUT2D eigenvalue weighted by Crippen LogP contribution is 2.25. The molecule has 0 radical (unpaired) electrons. The van der Waals surface area contributed by atoms with E-state index in [2.05, 4.69) is 16.8 Å². The molecule has 0 amide bonds. The Morgan fingerprint density at radius 1 is 1.31 bits per heavy atom. The van der Waals surface area contributed by atoms with Crippen molar-refractivity contribution in [1.29, 1.82) is 0 Å². The third kappa shape index (κ3) is 2.90. The van der Waals surface area contributed by atoms with Crippen LogP contribution in [-0.4, -0.2) is 6.61 Å². The molecule has 0 atom stereocenters. The van der Waals surface area contributed by atoms with Crippen LogP contribution in [0.5, 0.6) is 5.75 Å². The van der Waals surface area contributed by atoms with Crippen LogP contribution in [0, 0.1) is 0 Å². The summed E-state index contributed by atoms with van der Waals surface area (Å²) in [5, 5.41) is 4.81. The van der Waals surface area contributed by atoms with Crippen molar-refractivity contribution >= 4 is 28.6 Å². The maximum Gasteiger partial charge on any atom is 0.142 e. The van der Waals surface area contributed by atoms with Gasteiger partial charge in [-0.2, -0.15) is 11.3 Å². The fourth-order valence-corrected chi connectivity index (χ4v) is 2.25. The fourth-order valence-electron chi connectivity index (χ4n) is 1.36. The predicted molar refractivity (Wildman–Crippen MR) is 69.4 cm³/mol. The zero-order valence-corrected chi connectivity index (χ0v) is 10.2. The molecule has 0 saturated heterocycles. The number of nitrogen functional groups attached to an aromatic ring is 1. The van der Waals surface area contributed by atoms with Crippen LogP contribution in [0.3, 0.4) is 0 Å². The number of hydrogen-bond donors (Lipinski definition) is 1. The van der Waals surface area contributed by atoms with Crippen LogP contribution in [0.25, 0.3) is 0 Å². The molecule has 4 heteroatoms. The lowest BCUT2D eigenvalue weighted by atomic mass is 10.2. The van der Waals surface area contributed by atoms with Crippen LogP contribution in [0.15, 0.2) is 35.0 Å². The monoisotopic (exact) mass is 253 g/mol. The van der Waals surface area contributed by atoms with Gasteiger partial charge in [0.15, 0.2) is 0 Å².